The van der Waals surface area contributed by atoms with Crippen molar-refractivity contribution in [2.45, 2.75) is 9.88 Å². The summed E-state index contributed by atoms with van der Waals surface area (Å²) in [5, 5.41) is 0. The largest absolute Gasteiger partial charge is 0.214 e. The van der Waals surface area contributed by atoms with Crippen molar-refractivity contribution in [2.75, 3.05) is 0 Å². The van der Waals surface area contributed by atoms with E-state index in [-0.39, 0.29) is 17.1 Å². The maximum absolute atomic E-state index is 7.50. The first-order valence-electron chi connectivity index (χ1n) is 5.24. The van der Waals surface area contributed by atoms with Crippen LogP contribution < -0.4 is 3.58 Å². The first kappa shape index (κ1) is 23.5. The van der Waals surface area contributed by atoms with Crippen molar-refractivity contribution >= 4 is 23.3 Å². The molecule has 0 aliphatic carbocycles. The van der Waals surface area contributed by atoms with E-state index in [0.29, 0.717) is 0 Å². The van der Waals surface area contributed by atoms with Crippen LogP contribution in [0, 0.1) is 13.3 Å². The van der Waals surface area contributed by atoms with Gasteiger partial charge >= 0.3 is 86.2 Å². The molecule has 2 nitrogen and oxygen atoms in total. The van der Waals surface area contributed by atoms with Crippen molar-refractivity contribution in [2.24, 2.45) is 0 Å². The summed E-state index contributed by atoms with van der Waals surface area (Å²) < 4.78 is 16.6. The Morgan fingerprint density at radius 2 is 1.26 bits per heavy atom. The van der Waals surface area contributed by atoms with Crippen molar-refractivity contribution in [3.05, 3.63) is 74.0 Å². The van der Waals surface area contributed by atoms with Crippen molar-refractivity contribution in [3.8, 4) is 0 Å². The molecule has 1 radical (unpaired) electrons. The second kappa shape index (κ2) is 19.7. The van der Waals surface area contributed by atoms with E-state index in [2.05, 4.69) is 53.5 Å². The third-order valence-corrected chi connectivity index (χ3v) is 6.15. The molecule has 0 unspecified atom stereocenters. The average molecular weight is 403 g/mol. The molecule has 0 aromatic heterocycles. The van der Waals surface area contributed by atoms with Gasteiger partial charge in [0.25, 0.3) is 0 Å². The number of hydrogen-bond acceptors (Lipinski definition) is 0. The maximum Gasteiger partial charge on any atom is 0 e. The van der Waals surface area contributed by atoms with Gasteiger partial charge < -0.3 is 0 Å². The summed E-state index contributed by atoms with van der Waals surface area (Å²) in [5.41, 5.74) is 0. The van der Waals surface area contributed by atoms with Crippen molar-refractivity contribution in [3.63, 3.8) is 0 Å². The standard InChI is InChI=1S/C6H5.C5H5.2CO.2CH3.Fe.Sn/c1-2-4-6-5-3-1;1-2-4-5-3-1;2*1-2;;;;/h1-5H;1-5H;;;2*1H3;;/q;-1;;;;;;. The molecule has 101 valence electrons. The van der Waals surface area contributed by atoms with Gasteiger partial charge in [0.2, 0.25) is 0 Å². The molecule has 4 heteroatoms. The second-order valence-corrected chi connectivity index (χ2v) is 10.7. The molecule has 2 aromatic rings. The quantitative estimate of drug-likeness (QED) is 0.400. The summed E-state index contributed by atoms with van der Waals surface area (Å²) in [6, 6.07) is 20.8. The zero-order chi connectivity index (χ0) is 14.2. The van der Waals surface area contributed by atoms with Gasteiger partial charge in [-0.3, -0.25) is 0 Å². The molecule has 19 heavy (non-hydrogen) atoms. The number of benzene rings is 1. The number of rotatable bonds is 1. The molecule has 0 heterocycles. The molecule has 0 aliphatic rings. The fraction of sp³-hybridized carbons (Fsp3) is 0.133. The van der Waals surface area contributed by atoms with Crippen molar-refractivity contribution < 1.29 is 26.4 Å². The van der Waals surface area contributed by atoms with Gasteiger partial charge in [0, 0.05) is 17.1 Å². The van der Waals surface area contributed by atoms with Crippen LogP contribution in [0.1, 0.15) is 0 Å². The van der Waals surface area contributed by atoms with Crippen LogP contribution in [-0.4, -0.2) is 19.8 Å². The maximum atomic E-state index is 7.50. The summed E-state index contributed by atoms with van der Waals surface area (Å²) in [7, 11) is 0. The van der Waals surface area contributed by atoms with Crippen LogP contribution in [-0.2, 0) is 26.4 Å². The van der Waals surface area contributed by atoms with E-state index in [9.17, 15) is 0 Å². The Balaban J connectivity index is -0.000000220. The summed E-state index contributed by atoms with van der Waals surface area (Å²) >= 11 is -1.02. The molecule has 0 fully saturated rings. The van der Waals surface area contributed by atoms with Gasteiger partial charge in [0.15, 0.2) is 0 Å². The van der Waals surface area contributed by atoms with Gasteiger partial charge in [-0.1, -0.05) is 0 Å². The van der Waals surface area contributed by atoms with Crippen LogP contribution in [0.2, 0.25) is 9.88 Å². The monoisotopic (exact) mass is 404 g/mol. The molecule has 0 aliphatic heterocycles. The minimum absolute atomic E-state index is 0. The van der Waals surface area contributed by atoms with Gasteiger partial charge in [0.05, 0.1) is 0 Å². The topological polar surface area (TPSA) is 39.8 Å². The average Bonchev–Trinajstić information content (AvgIpc) is 3.03. The predicted molar refractivity (Wildman–Crippen MR) is 73.5 cm³/mol. The Morgan fingerprint density at radius 1 is 0.842 bits per heavy atom. The van der Waals surface area contributed by atoms with E-state index in [1.54, 1.807) is 3.58 Å². The second-order valence-electron chi connectivity index (χ2n) is 3.33. The summed E-state index contributed by atoms with van der Waals surface area (Å²) in [6.07, 6.45) is 0. The van der Waals surface area contributed by atoms with E-state index < -0.39 is 19.8 Å². The predicted octanol–water partition coefficient (Wildman–Crippen LogP) is 2.98. The minimum atomic E-state index is -1.02. The molecule has 0 saturated carbocycles. The molecule has 0 atom stereocenters. The SMILES string of the molecule is [C-]#[O+].[C-]#[O+].[CH3][Sn]([CH3])[c]1ccccc1.[Fe].c1cc[cH-]c1. The molecule has 2 rings (SSSR count). The Kier molecular flexibility index (Phi) is 24.3. The molecular formula is C15H16FeO2Sn-. The normalized spacial score (nSPS) is 7.11. The van der Waals surface area contributed by atoms with Gasteiger partial charge in [0.1, 0.15) is 0 Å². The Labute approximate surface area is 133 Å². The smallest absolute Gasteiger partial charge is 0 e. The number of hydrogen-bond donors (Lipinski definition) is 0. The van der Waals surface area contributed by atoms with Crippen LogP contribution in [0.25, 0.3) is 0 Å². The van der Waals surface area contributed by atoms with Crippen molar-refractivity contribution in [1.29, 1.82) is 0 Å². The van der Waals surface area contributed by atoms with Crippen LogP contribution in [0.5, 0.6) is 0 Å². The summed E-state index contributed by atoms with van der Waals surface area (Å²) in [6.45, 7) is 9.00. The Hall–Kier alpha value is -0.632. The van der Waals surface area contributed by atoms with E-state index in [1.165, 1.54) is 0 Å². The molecule has 0 N–H and O–H groups in total. The van der Waals surface area contributed by atoms with Gasteiger partial charge in [-0.05, 0) is 0 Å². The van der Waals surface area contributed by atoms with Crippen LogP contribution in [0.3, 0.4) is 0 Å². The Morgan fingerprint density at radius 3 is 1.47 bits per heavy atom. The molecule has 0 saturated heterocycles. The molecule has 0 amide bonds. The third-order valence-electron chi connectivity index (χ3n) is 1.91. The van der Waals surface area contributed by atoms with Crippen LogP contribution >= 0.6 is 0 Å². The third kappa shape index (κ3) is 15.3. The molecule has 0 spiro atoms. The summed E-state index contributed by atoms with van der Waals surface area (Å²) in [4.78, 5) is 4.80. The van der Waals surface area contributed by atoms with Gasteiger partial charge in [-0.2, -0.15) is 18.2 Å². The fourth-order valence-corrected chi connectivity index (χ4v) is 3.54. The van der Waals surface area contributed by atoms with E-state index in [1.807, 2.05) is 30.3 Å². The molecular weight excluding hydrogens is 387 g/mol. The first-order chi connectivity index (χ1) is 8.80. The van der Waals surface area contributed by atoms with Gasteiger partial charge in [-0.15, -0.1) is 0 Å². The van der Waals surface area contributed by atoms with E-state index >= 15 is 0 Å². The van der Waals surface area contributed by atoms with E-state index in [4.69, 9.17) is 9.30 Å². The van der Waals surface area contributed by atoms with E-state index in [0.717, 1.165) is 0 Å². The zero-order valence-corrected chi connectivity index (χ0v) is 14.9. The van der Waals surface area contributed by atoms with Gasteiger partial charge in [-0.25, -0.2) is 12.1 Å². The Bertz CT molecular complexity index is 371. The first-order valence-corrected chi connectivity index (χ1v) is 12.4. The van der Waals surface area contributed by atoms with Crippen LogP contribution in [0.15, 0.2) is 60.7 Å². The van der Waals surface area contributed by atoms with Crippen LogP contribution in [0.4, 0.5) is 0 Å². The zero-order valence-electron chi connectivity index (χ0n) is 10.9. The van der Waals surface area contributed by atoms with Crippen molar-refractivity contribution in [1.82, 2.24) is 0 Å². The molecule has 0 bridgehead atoms. The fourth-order valence-electron chi connectivity index (χ4n) is 1.09. The summed E-state index contributed by atoms with van der Waals surface area (Å²) in [5.74, 6) is 0. The molecule has 2 aromatic carbocycles. The minimum Gasteiger partial charge on any atom is -0.214 e.